The first-order chi connectivity index (χ1) is 8.85. The maximum atomic E-state index is 9.01. The van der Waals surface area contributed by atoms with Gasteiger partial charge in [-0.1, -0.05) is 27.7 Å². The van der Waals surface area contributed by atoms with Crippen LogP contribution in [0, 0.1) is 11.3 Å². The van der Waals surface area contributed by atoms with Gasteiger partial charge in [0.15, 0.2) is 5.96 Å². The van der Waals surface area contributed by atoms with Crippen molar-refractivity contribution in [1.82, 2.24) is 10.6 Å². The van der Waals surface area contributed by atoms with Crippen molar-refractivity contribution in [3.8, 4) is 0 Å². The van der Waals surface area contributed by atoms with E-state index in [1.807, 2.05) is 13.8 Å². The number of rotatable bonds is 7. The zero-order chi connectivity index (χ0) is 14.9. The Morgan fingerprint density at radius 3 is 2.37 bits per heavy atom. The van der Waals surface area contributed by atoms with Gasteiger partial charge in [-0.05, 0) is 18.3 Å². The molecule has 5 heteroatoms. The van der Waals surface area contributed by atoms with E-state index < -0.39 is 0 Å². The Balaban J connectivity index is 4.41. The second-order valence-corrected chi connectivity index (χ2v) is 5.98. The van der Waals surface area contributed by atoms with Crippen LogP contribution in [0.5, 0.6) is 0 Å². The molecule has 3 N–H and O–H groups in total. The largest absolute Gasteiger partial charge is 0.396 e. The Hall–Kier alpha value is -0.810. The highest BCUT2D eigenvalue weighted by molar-refractivity contribution is 5.79. The van der Waals surface area contributed by atoms with Crippen LogP contribution in [0.25, 0.3) is 0 Å². The molecular weight excluding hydrogens is 242 g/mol. The molecule has 0 rings (SSSR count). The zero-order valence-corrected chi connectivity index (χ0v) is 13.3. The van der Waals surface area contributed by atoms with Crippen LogP contribution >= 0.6 is 0 Å². The van der Waals surface area contributed by atoms with E-state index in [9.17, 15) is 0 Å². The third-order valence-corrected chi connectivity index (χ3v) is 2.92. The molecule has 0 saturated heterocycles. The number of hydrogen-bond donors (Lipinski definition) is 3. The second-order valence-electron chi connectivity index (χ2n) is 5.98. The Kier molecular flexibility index (Phi) is 8.76. The van der Waals surface area contributed by atoms with Gasteiger partial charge < -0.3 is 20.5 Å². The second kappa shape index (κ2) is 9.15. The number of nitrogens with zero attached hydrogens (tertiary/aromatic N) is 1. The molecule has 5 nitrogen and oxygen atoms in total. The number of aliphatic hydroxyl groups excluding tert-OH is 1. The van der Waals surface area contributed by atoms with Crippen molar-refractivity contribution in [3.63, 3.8) is 0 Å². The Labute approximate surface area is 117 Å². The molecule has 0 aromatic carbocycles. The van der Waals surface area contributed by atoms with Crippen molar-refractivity contribution in [3.05, 3.63) is 0 Å². The lowest BCUT2D eigenvalue weighted by Gasteiger charge is -2.30. The van der Waals surface area contributed by atoms with Crippen molar-refractivity contribution >= 4 is 5.96 Å². The van der Waals surface area contributed by atoms with Crippen LogP contribution in [0.2, 0.25) is 0 Å². The number of guanidine groups is 1. The highest BCUT2D eigenvalue weighted by atomic mass is 16.5. The van der Waals surface area contributed by atoms with Crippen molar-refractivity contribution in [2.45, 2.75) is 40.7 Å². The minimum Gasteiger partial charge on any atom is -0.396 e. The molecule has 0 radical (unpaired) electrons. The van der Waals surface area contributed by atoms with E-state index in [1.54, 1.807) is 7.11 Å². The van der Waals surface area contributed by atoms with Gasteiger partial charge in [-0.2, -0.15) is 0 Å². The summed E-state index contributed by atoms with van der Waals surface area (Å²) in [5.41, 5.74) is 0.0808. The smallest absolute Gasteiger partial charge is 0.191 e. The van der Waals surface area contributed by atoms with Crippen molar-refractivity contribution in [1.29, 1.82) is 0 Å². The van der Waals surface area contributed by atoms with Gasteiger partial charge in [0.25, 0.3) is 0 Å². The van der Waals surface area contributed by atoms with Gasteiger partial charge in [0, 0.05) is 33.4 Å². The van der Waals surface area contributed by atoms with Crippen LogP contribution in [0.1, 0.15) is 34.6 Å². The summed E-state index contributed by atoms with van der Waals surface area (Å²) in [6, 6.07) is 0. The van der Waals surface area contributed by atoms with Crippen molar-refractivity contribution < 1.29 is 9.84 Å². The number of aliphatic hydroxyl groups is 1. The van der Waals surface area contributed by atoms with Gasteiger partial charge in [-0.15, -0.1) is 0 Å². The molecule has 0 heterocycles. The van der Waals surface area contributed by atoms with E-state index in [0.717, 1.165) is 12.5 Å². The van der Waals surface area contributed by atoms with Crippen LogP contribution in [0.3, 0.4) is 0 Å². The molecule has 19 heavy (non-hydrogen) atoms. The molecule has 0 bridgehead atoms. The topological polar surface area (TPSA) is 65.9 Å². The fraction of sp³-hybridized carbons (Fsp3) is 0.929. The number of hydrogen-bond acceptors (Lipinski definition) is 3. The third-order valence-electron chi connectivity index (χ3n) is 2.92. The van der Waals surface area contributed by atoms with Crippen LogP contribution in [-0.4, -0.2) is 50.5 Å². The van der Waals surface area contributed by atoms with Gasteiger partial charge >= 0.3 is 0 Å². The van der Waals surface area contributed by atoms with Gasteiger partial charge in [0.1, 0.15) is 0 Å². The standard InChI is InChI=1S/C14H31N3O2/c1-7-15-13(16-8-11(2)10-18)17-9-12(19-6)14(3,4)5/h11-12,18H,7-10H2,1-6H3,(H2,15,16,17). The molecule has 0 aliphatic heterocycles. The Morgan fingerprint density at radius 1 is 1.32 bits per heavy atom. The van der Waals surface area contributed by atoms with Crippen LogP contribution in [-0.2, 0) is 4.74 Å². The van der Waals surface area contributed by atoms with E-state index in [4.69, 9.17) is 9.84 Å². The van der Waals surface area contributed by atoms with E-state index in [0.29, 0.717) is 13.1 Å². The van der Waals surface area contributed by atoms with Gasteiger partial charge in [0.05, 0.1) is 6.10 Å². The van der Waals surface area contributed by atoms with Crippen LogP contribution in [0.4, 0.5) is 0 Å². The number of aliphatic imine (C=N–C) groups is 1. The molecule has 0 fully saturated rings. The van der Waals surface area contributed by atoms with Crippen molar-refractivity contribution in [2.24, 2.45) is 16.3 Å². The lowest BCUT2D eigenvalue weighted by atomic mass is 9.89. The normalized spacial score (nSPS) is 16.1. The minimum absolute atomic E-state index is 0.0808. The quantitative estimate of drug-likeness (QED) is 0.482. The van der Waals surface area contributed by atoms with Crippen LogP contribution < -0.4 is 10.6 Å². The third kappa shape index (κ3) is 8.06. The Bertz CT molecular complexity index is 262. The fourth-order valence-corrected chi connectivity index (χ4v) is 1.58. The van der Waals surface area contributed by atoms with E-state index >= 15 is 0 Å². The molecule has 0 aliphatic carbocycles. The van der Waals surface area contributed by atoms with Crippen molar-refractivity contribution in [2.75, 3.05) is 33.4 Å². The molecule has 0 aromatic rings. The molecule has 114 valence electrons. The lowest BCUT2D eigenvalue weighted by molar-refractivity contribution is 0.0205. The summed E-state index contributed by atoms with van der Waals surface area (Å²) in [6.45, 7) is 12.8. The number of ether oxygens (including phenoxy) is 1. The predicted molar refractivity (Wildman–Crippen MR) is 80.5 cm³/mol. The van der Waals surface area contributed by atoms with Gasteiger partial charge in [0.2, 0.25) is 0 Å². The molecule has 0 aromatic heterocycles. The minimum atomic E-state index is 0.0808. The maximum absolute atomic E-state index is 9.01. The molecule has 2 unspecified atom stereocenters. The summed E-state index contributed by atoms with van der Waals surface area (Å²) in [5.74, 6) is 0.949. The molecule has 2 atom stereocenters. The maximum Gasteiger partial charge on any atom is 0.191 e. The molecule has 0 saturated carbocycles. The van der Waals surface area contributed by atoms with Gasteiger partial charge in [-0.25, -0.2) is 0 Å². The molecule has 0 aliphatic rings. The Morgan fingerprint density at radius 2 is 1.95 bits per heavy atom. The zero-order valence-electron chi connectivity index (χ0n) is 13.3. The fourth-order valence-electron chi connectivity index (χ4n) is 1.58. The SMILES string of the molecule is CCNC(=NCC(C)CO)NCC(OC)C(C)(C)C. The predicted octanol–water partition coefficient (Wildman–Crippen LogP) is 1.23. The van der Waals surface area contributed by atoms with E-state index in [-0.39, 0.29) is 24.0 Å². The average molecular weight is 273 g/mol. The van der Waals surface area contributed by atoms with Gasteiger partial charge in [-0.3, -0.25) is 4.99 Å². The first kappa shape index (κ1) is 18.2. The highest BCUT2D eigenvalue weighted by Crippen LogP contribution is 2.20. The monoisotopic (exact) mass is 273 g/mol. The number of nitrogens with one attached hydrogen (secondary N) is 2. The molecular formula is C14H31N3O2. The molecule has 0 amide bonds. The summed E-state index contributed by atoms with van der Waals surface area (Å²) in [7, 11) is 1.73. The highest BCUT2D eigenvalue weighted by Gasteiger charge is 2.24. The summed E-state index contributed by atoms with van der Waals surface area (Å²) >= 11 is 0. The summed E-state index contributed by atoms with van der Waals surface area (Å²) in [5, 5.41) is 15.5. The summed E-state index contributed by atoms with van der Waals surface area (Å²) < 4.78 is 5.50. The van der Waals surface area contributed by atoms with Crippen LogP contribution in [0.15, 0.2) is 4.99 Å². The first-order valence-electron chi connectivity index (χ1n) is 7.00. The number of methoxy groups -OCH3 is 1. The summed E-state index contributed by atoms with van der Waals surface area (Å²) in [4.78, 5) is 4.45. The molecule has 0 spiro atoms. The van der Waals surface area contributed by atoms with E-state index in [1.165, 1.54) is 0 Å². The first-order valence-corrected chi connectivity index (χ1v) is 7.00. The summed E-state index contributed by atoms with van der Waals surface area (Å²) in [6.07, 6.45) is 0.117. The average Bonchev–Trinajstić information content (AvgIpc) is 2.34. The lowest BCUT2D eigenvalue weighted by Crippen LogP contribution is -2.45. The van der Waals surface area contributed by atoms with E-state index in [2.05, 4.69) is 36.4 Å².